The van der Waals surface area contributed by atoms with Gasteiger partial charge in [0.15, 0.2) is 5.11 Å². The molecule has 2 rings (SSSR count). The van der Waals surface area contributed by atoms with E-state index < -0.39 is 0 Å². The van der Waals surface area contributed by atoms with Crippen LogP contribution in [0.5, 0.6) is 0 Å². The Labute approximate surface area is 110 Å². The first kappa shape index (κ1) is 12.3. The van der Waals surface area contributed by atoms with Crippen LogP contribution in [0.25, 0.3) is 0 Å². The molecule has 0 aliphatic carbocycles. The molecule has 0 fully saturated rings. The number of hydrogen-bond acceptors (Lipinski definition) is 2. The van der Waals surface area contributed by atoms with Crippen molar-refractivity contribution in [1.29, 1.82) is 0 Å². The van der Waals surface area contributed by atoms with Crippen molar-refractivity contribution in [2.24, 2.45) is 0 Å². The summed E-state index contributed by atoms with van der Waals surface area (Å²) in [6.45, 7) is 0. The van der Waals surface area contributed by atoms with E-state index in [4.69, 9.17) is 18.0 Å². The van der Waals surface area contributed by atoms with Gasteiger partial charge >= 0.3 is 0 Å². The van der Waals surface area contributed by atoms with Crippen molar-refractivity contribution < 1.29 is 4.39 Å². The van der Waals surface area contributed by atoms with E-state index in [1.54, 1.807) is 24.3 Å². The van der Waals surface area contributed by atoms with Gasteiger partial charge in [-0.05, 0) is 60.7 Å². The average Bonchev–Trinajstić information content (AvgIpc) is 2.35. The van der Waals surface area contributed by atoms with Crippen molar-refractivity contribution in [2.75, 3.05) is 16.4 Å². The van der Waals surface area contributed by atoms with Gasteiger partial charge in [0.05, 0.1) is 0 Å². The van der Waals surface area contributed by atoms with Crippen molar-refractivity contribution in [3.05, 3.63) is 54.3 Å². The Morgan fingerprint density at radius 2 is 1.33 bits per heavy atom. The van der Waals surface area contributed by atoms with E-state index in [1.807, 2.05) is 12.1 Å². The molecular formula is C13H12FN3S. The van der Waals surface area contributed by atoms with Gasteiger partial charge < -0.3 is 16.4 Å². The zero-order valence-corrected chi connectivity index (χ0v) is 10.3. The van der Waals surface area contributed by atoms with Crippen LogP contribution < -0.4 is 16.4 Å². The number of nitrogens with one attached hydrogen (secondary N) is 2. The van der Waals surface area contributed by atoms with E-state index in [0.717, 1.165) is 11.4 Å². The van der Waals surface area contributed by atoms with Gasteiger partial charge in [0.1, 0.15) is 5.82 Å². The molecule has 0 spiro atoms. The maximum atomic E-state index is 12.7. The molecule has 4 N–H and O–H groups in total. The highest BCUT2D eigenvalue weighted by molar-refractivity contribution is 7.80. The first-order valence-corrected chi connectivity index (χ1v) is 5.73. The van der Waals surface area contributed by atoms with E-state index in [1.165, 1.54) is 12.1 Å². The van der Waals surface area contributed by atoms with Gasteiger partial charge in [-0.3, -0.25) is 0 Å². The highest BCUT2D eigenvalue weighted by Crippen LogP contribution is 2.12. The number of nitrogens with two attached hydrogens (primary N) is 1. The Morgan fingerprint density at radius 3 is 1.83 bits per heavy atom. The number of hydrogen-bond donors (Lipinski definition) is 3. The number of thiocarbonyl (C=S) groups is 1. The Morgan fingerprint density at radius 1 is 0.889 bits per heavy atom. The predicted molar refractivity (Wildman–Crippen MR) is 77.1 cm³/mol. The lowest BCUT2D eigenvalue weighted by molar-refractivity contribution is 0.628. The summed E-state index contributed by atoms with van der Waals surface area (Å²) in [5, 5.41) is 6.39. The van der Waals surface area contributed by atoms with E-state index in [0.29, 0.717) is 10.8 Å². The van der Waals surface area contributed by atoms with Crippen LogP contribution in [0, 0.1) is 5.82 Å². The normalized spacial score (nSPS) is 9.83. The summed E-state index contributed by atoms with van der Waals surface area (Å²) in [7, 11) is 0. The van der Waals surface area contributed by atoms with Crippen LogP contribution in [-0.4, -0.2) is 5.11 Å². The third kappa shape index (κ3) is 3.43. The van der Waals surface area contributed by atoms with Crippen molar-refractivity contribution in [3.8, 4) is 0 Å². The van der Waals surface area contributed by atoms with Gasteiger partial charge in [0.2, 0.25) is 0 Å². The summed E-state index contributed by atoms with van der Waals surface area (Å²) in [6, 6.07) is 13.2. The summed E-state index contributed by atoms with van der Waals surface area (Å²) >= 11 is 5.14. The molecule has 0 saturated carbocycles. The molecule has 2 aromatic rings. The summed E-state index contributed by atoms with van der Waals surface area (Å²) in [4.78, 5) is 0. The Balaban J connectivity index is 1.96. The second-order valence-corrected chi connectivity index (χ2v) is 4.12. The minimum absolute atomic E-state index is 0.280. The molecule has 0 radical (unpaired) electrons. The minimum Gasteiger partial charge on any atom is -0.399 e. The minimum atomic E-state index is -0.280. The molecule has 0 bridgehead atoms. The molecule has 0 unspecified atom stereocenters. The number of rotatable bonds is 2. The monoisotopic (exact) mass is 261 g/mol. The van der Waals surface area contributed by atoms with Crippen LogP contribution in [0.3, 0.4) is 0 Å². The van der Waals surface area contributed by atoms with Crippen LogP contribution in [0.4, 0.5) is 21.5 Å². The average molecular weight is 261 g/mol. The van der Waals surface area contributed by atoms with Crippen LogP contribution in [-0.2, 0) is 0 Å². The lowest BCUT2D eigenvalue weighted by Gasteiger charge is -2.10. The van der Waals surface area contributed by atoms with Crippen molar-refractivity contribution >= 4 is 34.4 Å². The van der Waals surface area contributed by atoms with Gasteiger partial charge in [0.25, 0.3) is 0 Å². The Bertz CT molecular complexity index is 488. The molecule has 0 aliphatic heterocycles. The van der Waals surface area contributed by atoms with Crippen LogP contribution in [0.15, 0.2) is 48.5 Å². The first-order chi connectivity index (χ1) is 8.63. The largest absolute Gasteiger partial charge is 0.399 e. The molecule has 3 nitrogen and oxygen atoms in total. The summed E-state index contributed by atoms with van der Waals surface area (Å²) in [5.74, 6) is -0.280. The molecule has 0 atom stereocenters. The molecule has 0 saturated heterocycles. The molecule has 18 heavy (non-hydrogen) atoms. The Kier molecular flexibility index (Phi) is 3.74. The third-order valence-corrected chi connectivity index (χ3v) is 2.47. The molecular weight excluding hydrogens is 249 g/mol. The fourth-order valence-corrected chi connectivity index (χ4v) is 1.63. The Hall–Kier alpha value is -2.14. The topological polar surface area (TPSA) is 50.1 Å². The lowest BCUT2D eigenvalue weighted by Crippen LogP contribution is -2.18. The summed E-state index contributed by atoms with van der Waals surface area (Å²) < 4.78 is 12.7. The van der Waals surface area contributed by atoms with Gasteiger partial charge in [-0.2, -0.15) is 0 Å². The maximum absolute atomic E-state index is 12.7. The molecule has 0 aliphatic rings. The quantitative estimate of drug-likeness (QED) is 0.574. The number of nitrogen functional groups attached to an aromatic ring is 1. The molecule has 0 heterocycles. The van der Waals surface area contributed by atoms with Crippen molar-refractivity contribution in [2.45, 2.75) is 0 Å². The van der Waals surface area contributed by atoms with Gasteiger partial charge in [-0.15, -0.1) is 0 Å². The van der Waals surface area contributed by atoms with Gasteiger partial charge in [-0.25, -0.2) is 4.39 Å². The third-order valence-electron chi connectivity index (χ3n) is 2.27. The number of anilines is 3. The molecule has 2 aromatic carbocycles. The lowest BCUT2D eigenvalue weighted by atomic mass is 10.3. The van der Waals surface area contributed by atoms with E-state index in [2.05, 4.69) is 10.6 Å². The maximum Gasteiger partial charge on any atom is 0.175 e. The highest BCUT2D eigenvalue weighted by Gasteiger charge is 1.99. The molecule has 0 aromatic heterocycles. The van der Waals surface area contributed by atoms with Gasteiger partial charge in [0, 0.05) is 17.1 Å². The summed E-state index contributed by atoms with van der Waals surface area (Å²) in [6.07, 6.45) is 0. The SMILES string of the molecule is Nc1ccc(NC(=S)Nc2ccc(F)cc2)cc1. The zero-order chi connectivity index (χ0) is 13.0. The standard InChI is InChI=1S/C13H12FN3S/c14-9-1-5-11(6-2-9)16-13(18)17-12-7-3-10(15)4-8-12/h1-8H,15H2,(H2,16,17,18). The smallest absolute Gasteiger partial charge is 0.175 e. The number of benzene rings is 2. The second kappa shape index (κ2) is 5.46. The van der Waals surface area contributed by atoms with E-state index >= 15 is 0 Å². The molecule has 5 heteroatoms. The van der Waals surface area contributed by atoms with Crippen LogP contribution >= 0.6 is 12.2 Å². The van der Waals surface area contributed by atoms with Crippen molar-refractivity contribution in [3.63, 3.8) is 0 Å². The molecule has 92 valence electrons. The zero-order valence-electron chi connectivity index (χ0n) is 9.48. The van der Waals surface area contributed by atoms with E-state index in [-0.39, 0.29) is 5.82 Å². The highest BCUT2D eigenvalue weighted by atomic mass is 32.1. The second-order valence-electron chi connectivity index (χ2n) is 3.71. The van der Waals surface area contributed by atoms with Crippen LogP contribution in [0.1, 0.15) is 0 Å². The fourth-order valence-electron chi connectivity index (χ4n) is 1.39. The fraction of sp³-hybridized carbons (Fsp3) is 0. The van der Waals surface area contributed by atoms with Gasteiger partial charge in [-0.1, -0.05) is 0 Å². The predicted octanol–water partition coefficient (Wildman–Crippen LogP) is 3.22. The summed E-state index contributed by atoms with van der Waals surface area (Å²) in [5.41, 5.74) is 7.84. The van der Waals surface area contributed by atoms with Crippen molar-refractivity contribution in [1.82, 2.24) is 0 Å². The first-order valence-electron chi connectivity index (χ1n) is 5.32. The number of halogens is 1. The van der Waals surface area contributed by atoms with E-state index in [9.17, 15) is 4.39 Å². The van der Waals surface area contributed by atoms with Crippen LogP contribution in [0.2, 0.25) is 0 Å². The molecule has 0 amide bonds.